The quantitative estimate of drug-likeness (QED) is 0.483. The highest BCUT2D eigenvalue weighted by molar-refractivity contribution is 9.10. The van der Waals surface area contributed by atoms with Gasteiger partial charge in [0.1, 0.15) is 41.2 Å². The molecule has 0 saturated carbocycles. The lowest BCUT2D eigenvalue weighted by molar-refractivity contribution is 0.619. The molecule has 10 heteroatoms. The van der Waals surface area contributed by atoms with Crippen LogP contribution in [-0.2, 0) is 0 Å². The Morgan fingerprint density at radius 1 is 1.31 bits per heavy atom. The molecule has 0 unspecified atom stereocenters. The Morgan fingerprint density at radius 2 is 2.14 bits per heavy atom. The molecule has 144 valence electrons. The Kier molecular flexibility index (Phi) is 4.82. The van der Waals surface area contributed by atoms with Gasteiger partial charge in [0.05, 0.1) is 35.2 Å². The molecule has 0 saturated heterocycles. The first-order valence-electron chi connectivity index (χ1n) is 8.54. The number of imidazole rings is 1. The average Bonchev–Trinajstić information content (AvgIpc) is 3.09. The topological polar surface area (TPSA) is 118 Å². The normalized spacial score (nSPS) is 11.9. The summed E-state index contributed by atoms with van der Waals surface area (Å²) >= 11 is 3.55. The lowest BCUT2D eigenvalue weighted by Gasteiger charge is -2.17. The van der Waals surface area contributed by atoms with E-state index in [4.69, 9.17) is 10.7 Å². The number of nitrogens with zero attached hydrogens (tertiary/aromatic N) is 6. The largest absolute Gasteiger partial charge is 0.382 e. The molecular weight excluding hydrogens is 439 g/mol. The Bertz CT molecular complexity index is 1260. The molecule has 0 radical (unpaired) electrons. The second-order valence-electron chi connectivity index (χ2n) is 6.23. The predicted molar refractivity (Wildman–Crippen MR) is 110 cm³/mol. The molecule has 1 atom stereocenters. The molecule has 0 aliphatic heterocycles. The van der Waals surface area contributed by atoms with E-state index in [-0.39, 0.29) is 11.4 Å². The van der Waals surface area contributed by atoms with Crippen molar-refractivity contribution in [1.82, 2.24) is 24.5 Å². The van der Waals surface area contributed by atoms with Crippen LogP contribution in [0.1, 0.15) is 24.4 Å². The number of nitriles is 1. The van der Waals surface area contributed by atoms with Gasteiger partial charge in [0, 0.05) is 10.5 Å². The smallest absolute Gasteiger partial charge is 0.150 e. The molecule has 8 nitrogen and oxygen atoms in total. The van der Waals surface area contributed by atoms with E-state index in [9.17, 15) is 9.65 Å². The average molecular weight is 453 g/mol. The SMILES string of the molecule is C[C@@H](Nc1ncnc(N)c1C#N)c1nc2cccc(Br)c2n1-c1cncc(F)c1. The van der Waals surface area contributed by atoms with Gasteiger partial charge in [-0.2, -0.15) is 5.26 Å². The highest BCUT2D eigenvalue weighted by atomic mass is 79.9. The van der Waals surface area contributed by atoms with Crippen LogP contribution in [0, 0.1) is 17.1 Å². The monoisotopic (exact) mass is 452 g/mol. The van der Waals surface area contributed by atoms with E-state index in [2.05, 4.69) is 36.2 Å². The number of nitrogens with two attached hydrogens (primary N) is 1. The van der Waals surface area contributed by atoms with Gasteiger partial charge in [0.15, 0.2) is 0 Å². The van der Waals surface area contributed by atoms with Crippen molar-refractivity contribution < 1.29 is 4.39 Å². The van der Waals surface area contributed by atoms with Gasteiger partial charge < -0.3 is 11.1 Å². The van der Waals surface area contributed by atoms with Crippen LogP contribution in [0.3, 0.4) is 0 Å². The second-order valence-corrected chi connectivity index (χ2v) is 7.09. The first-order valence-corrected chi connectivity index (χ1v) is 9.33. The van der Waals surface area contributed by atoms with Crippen molar-refractivity contribution in [2.24, 2.45) is 0 Å². The summed E-state index contributed by atoms with van der Waals surface area (Å²) in [7, 11) is 0. The highest BCUT2D eigenvalue weighted by Crippen LogP contribution is 2.32. The van der Waals surface area contributed by atoms with Gasteiger partial charge in [-0.3, -0.25) is 9.55 Å². The fourth-order valence-electron chi connectivity index (χ4n) is 3.07. The molecule has 29 heavy (non-hydrogen) atoms. The molecule has 3 aromatic heterocycles. The first kappa shape index (κ1) is 18.8. The van der Waals surface area contributed by atoms with Gasteiger partial charge in [0.2, 0.25) is 0 Å². The van der Waals surface area contributed by atoms with E-state index in [1.165, 1.54) is 12.4 Å². The summed E-state index contributed by atoms with van der Waals surface area (Å²) in [5, 5.41) is 12.5. The lowest BCUT2D eigenvalue weighted by Crippen LogP contribution is -2.15. The number of aromatic nitrogens is 5. The van der Waals surface area contributed by atoms with Crippen molar-refractivity contribution in [3.05, 3.63) is 64.7 Å². The number of anilines is 2. The van der Waals surface area contributed by atoms with Gasteiger partial charge in [-0.1, -0.05) is 6.07 Å². The lowest BCUT2D eigenvalue weighted by atomic mass is 10.2. The third-order valence-corrected chi connectivity index (χ3v) is 4.97. The molecule has 4 aromatic rings. The standard InChI is InChI=1S/C19H14BrFN8/c1-10(27-18-13(6-22)17(23)25-9-26-18)19-28-15-4-2-3-14(20)16(15)29(19)12-5-11(21)7-24-8-12/h2-5,7-10H,1H3,(H3,23,25,26,27)/t10-/m1/s1. The van der Waals surface area contributed by atoms with E-state index < -0.39 is 11.9 Å². The zero-order valence-electron chi connectivity index (χ0n) is 15.1. The molecule has 3 N–H and O–H groups in total. The maximum absolute atomic E-state index is 13.9. The van der Waals surface area contributed by atoms with Crippen molar-refractivity contribution in [1.29, 1.82) is 5.26 Å². The van der Waals surface area contributed by atoms with Crippen molar-refractivity contribution in [3.8, 4) is 11.8 Å². The van der Waals surface area contributed by atoms with Crippen LogP contribution in [0.2, 0.25) is 0 Å². The highest BCUT2D eigenvalue weighted by Gasteiger charge is 2.21. The van der Waals surface area contributed by atoms with Crippen molar-refractivity contribution in [3.63, 3.8) is 0 Å². The van der Waals surface area contributed by atoms with Crippen molar-refractivity contribution in [2.75, 3.05) is 11.1 Å². The Hall–Kier alpha value is -3.58. The summed E-state index contributed by atoms with van der Waals surface area (Å²) in [6, 6.07) is 8.60. The van der Waals surface area contributed by atoms with Crippen LogP contribution in [-0.4, -0.2) is 24.5 Å². The summed E-state index contributed by atoms with van der Waals surface area (Å²) in [4.78, 5) is 16.6. The Balaban J connectivity index is 1.88. The van der Waals surface area contributed by atoms with Crippen LogP contribution in [0.25, 0.3) is 16.7 Å². The fraction of sp³-hybridized carbons (Fsp3) is 0.105. The van der Waals surface area contributed by atoms with Crippen LogP contribution >= 0.6 is 15.9 Å². The maximum atomic E-state index is 13.9. The number of hydrogen-bond donors (Lipinski definition) is 2. The van der Waals surface area contributed by atoms with E-state index in [1.807, 2.05) is 35.8 Å². The van der Waals surface area contributed by atoms with Crippen LogP contribution in [0.15, 0.2) is 47.5 Å². The fourth-order valence-corrected chi connectivity index (χ4v) is 3.60. The van der Waals surface area contributed by atoms with Gasteiger partial charge in [-0.05, 0) is 35.0 Å². The Labute approximate surface area is 173 Å². The summed E-state index contributed by atoms with van der Waals surface area (Å²) in [6.45, 7) is 1.86. The third-order valence-electron chi connectivity index (χ3n) is 4.33. The molecule has 0 aliphatic carbocycles. The van der Waals surface area contributed by atoms with Gasteiger partial charge >= 0.3 is 0 Å². The number of para-hydroxylation sites is 1. The molecule has 3 heterocycles. The number of nitrogens with one attached hydrogen (secondary N) is 1. The zero-order valence-corrected chi connectivity index (χ0v) is 16.7. The number of rotatable bonds is 4. The number of nitrogen functional groups attached to an aromatic ring is 1. The molecule has 0 bridgehead atoms. The summed E-state index contributed by atoms with van der Waals surface area (Å²) in [6.07, 6.45) is 3.98. The molecule has 0 spiro atoms. The van der Waals surface area contributed by atoms with Gasteiger partial charge in [-0.25, -0.2) is 19.3 Å². The molecule has 0 aliphatic rings. The van der Waals surface area contributed by atoms with E-state index in [0.29, 0.717) is 17.3 Å². The summed E-state index contributed by atoms with van der Waals surface area (Å²) < 4.78 is 16.5. The number of fused-ring (bicyclic) bond motifs is 1. The number of pyridine rings is 1. The minimum Gasteiger partial charge on any atom is -0.382 e. The summed E-state index contributed by atoms with van der Waals surface area (Å²) in [5.74, 6) is 0.504. The third kappa shape index (κ3) is 3.36. The van der Waals surface area contributed by atoms with Crippen LogP contribution in [0.4, 0.5) is 16.0 Å². The van der Waals surface area contributed by atoms with Crippen molar-refractivity contribution >= 4 is 38.6 Å². The number of halogens is 2. The molecule has 0 fully saturated rings. The summed E-state index contributed by atoms with van der Waals surface area (Å²) in [5.41, 5.74) is 7.93. The van der Waals surface area contributed by atoms with E-state index in [0.717, 1.165) is 21.7 Å². The molecule has 1 aromatic carbocycles. The minimum atomic E-state index is -0.460. The van der Waals surface area contributed by atoms with Gasteiger partial charge in [0.25, 0.3) is 0 Å². The van der Waals surface area contributed by atoms with Crippen LogP contribution < -0.4 is 11.1 Å². The first-order chi connectivity index (χ1) is 14.0. The van der Waals surface area contributed by atoms with Crippen LogP contribution in [0.5, 0.6) is 0 Å². The minimum absolute atomic E-state index is 0.0859. The Morgan fingerprint density at radius 3 is 2.90 bits per heavy atom. The predicted octanol–water partition coefficient (Wildman–Crippen LogP) is 3.74. The van der Waals surface area contributed by atoms with E-state index >= 15 is 0 Å². The number of benzene rings is 1. The molecular formula is C19H14BrFN8. The van der Waals surface area contributed by atoms with Crippen molar-refractivity contribution in [2.45, 2.75) is 13.0 Å². The molecule has 0 amide bonds. The van der Waals surface area contributed by atoms with Gasteiger partial charge in [-0.15, -0.1) is 0 Å². The number of hydrogen-bond acceptors (Lipinski definition) is 7. The van der Waals surface area contributed by atoms with E-state index in [1.54, 1.807) is 6.20 Å². The maximum Gasteiger partial charge on any atom is 0.150 e. The second kappa shape index (κ2) is 7.44. The zero-order chi connectivity index (χ0) is 20.5. The molecule has 4 rings (SSSR count).